The molecule has 0 saturated carbocycles. The highest BCUT2D eigenvalue weighted by Crippen LogP contribution is 2.40. The molecular formula is C22H27NO6. The molecule has 0 aromatic heterocycles. The Bertz CT molecular complexity index is 853. The molecule has 0 radical (unpaired) electrons. The molecule has 0 atom stereocenters. The third kappa shape index (κ3) is 5.47. The molecule has 1 aliphatic heterocycles. The molecule has 0 bridgehead atoms. The molecule has 1 amide bonds. The third-order valence-electron chi connectivity index (χ3n) is 4.32. The van der Waals surface area contributed by atoms with Gasteiger partial charge in [0.1, 0.15) is 5.75 Å². The van der Waals surface area contributed by atoms with E-state index in [1.807, 2.05) is 52.0 Å². The number of carbonyl (C=O) groups excluding carboxylic acids is 3. The van der Waals surface area contributed by atoms with Crippen LogP contribution in [0.4, 0.5) is 5.69 Å². The molecule has 0 spiro atoms. The molecule has 29 heavy (non-hydrogen) atoms. The fourth-order valence-electron chi connectivity index (χ4n) is 3.29. The van der Waals surface area contributed by atoms with Gasteiger partial charge in [0.05, 0.1) is 24.4 Å². The van der Waals surface area contributed by atoms with E-state index in [9.17, 15) is 14.4 Å². The first-order valence-electron chi connectivity index (χ1n) is 9.51. The average molecular weight is 401 g/mol. The van der Waals surface area contributed by atoms with Gasteiger partial charge in [-0.2, -0.15) is 0 Å². The smallest absolute Gasteiger partial charge is 0.331 e. The predicted octanol–water partition coefficient (Wildman–Crippen LogP) is 3.28. The van der Waals surface area contributed by atoms with Crippen molar-refractivity contribution < 1.29 is 28.6 Å². The maximum absolute atomic E-state index is 12.9. The predicted molar refractivity (Wildman–Crippen MR) is 110 cm³/mol. The number of esters is 2. The molecule has 0 fully saturated rings. The summed E-state index contributed by atoms with van der Waals surface area (Å²) in [5.74, 6) is -1.09. The number of hydrogen-bond donors (Lipinski definition) is 0. The van der Waals surface area contributed by atoms with Gasteiger partial charge in [0, 0.05) is 17.7 Å². The van der Waals surface area contributed by atoms with Crippen LogP contribution in [0.15, 0.2) is 36.4 Å². The molecule has 0 N–H and O–H groups in total. The molecule has 1 aliphatic rings. The van der Waals surface area contributed by atoms with Crippen LogP contribution in [-0.2, 0) is 23.9 Å². The Labute approximate surface area is 170 Å². The highest BCUT2D eigenvalue weighted by molar-refractivity contribution is 6.02. The van der Waals surface area contributed by atoms with Gasteiger partial charge < -0.3 is 14.2 Å². The van der Waals surface area contributed by atoms with Crippen molar-refractivity contribution in [2.24, 2.45) is 0 Å². The van der Waals surface area contributed by atoms with Crippen molar-refractivity contribution >= 4 is 29.1 Å². The van der Waals surface area contributed by atoms with E-state index in [4.69, 9.17) is 14.2 Å². The van der Waals surface area contributed by atoms with Gasteiger partial charge >= 0.3 is 11.9 Å². The topological polar surface area (TPSA) is 82.1 Å². The number of benzene rings is 1. The number of amides is 1. The van der Waals surface area contributed by atoms with Gasteiger partial charge in [-0.15, -0.1) is 0 Å². The van der Waals surface area contributed by atoms with Gasteiger partial charge in [0.2, 0.25) is 0 Å². The van der Waals surface area contributed by atoms with Crippen molar-refractivity contribution in [2.75, 3.05) is 24.7 Å². The number of fused-ring (bicyclic) bond motifs is 1. The van der Waals surface area contributed by atoms with Gasteiger partial charge in [0.25, 0.3) is 5.91 Å². The van der Waals surface area contributed by atoms with E-state index in [1.165, 1.54) is 0 Å². The van der Waals surface area contributed by atoms with Crippen molar-refractivity contribution in [1.29, 1.82) is 0 Å². The lowest BCUT2D eigenvalue weighted by Gasteiger charge is -2.41. The van der Waals surface area contributed by atoms with Crippen LogP contribution in [0.5, 0.6) is 5.75 Å². The molecule has 0 saturated heterocycles. The summed E-state index contributed by atoms with van der Waals surface area (Å²) in [5, 5.41) is 0. The van der Waals surface area contributed by atoms with Crippen LogP contribution in [0.1, 0.15) is 40.2 Å². The first kappa shape index (κ1) is 22.2. The van der Waals surface area contributed by atoms with E-state index in [-0.39, 0.29) is 12.5 Å². The van der Waals surface area contributed by atoms with Gasteiger partial charge in [-0.3, -0.25) is 9.69 Å². The zero-order chi connectivity index (χ0) is 21.6. The number of anilines is 1. The highest BCUT2D eigenvalue weighted by atomic mass is 16.5. The summed E-state index contributed by atoms with van der Waals surface area (Å²) in [6.45, 7) is 9.68. The van der Waals surface area contributed by atoms with Crippen molar-refractivity contribution in [3.8, 4) is 5.75 Å². The van der Waals surface area contributed by atoms with Crippen LogP contribution in [0.25, 0.3) is 5.57 Å². The van der Waals surface area contributed by atoms with Crippen LogP contribution in [0.3, 0.4) is 0 Å². The molecule has 0 unspecified atom stereocenters. The first-order chi connectivity index (χ1) is 13.7. The normalized spacial score (nSPS) is 14.8. The number of rotatable bonds is 7. The molecule has 1 heterocycles. The minimum Gasteiger partial charge on any atom is -0.494 e. The Hall–Kier alpha value is -3.09. The Morgan fingerprint density at radius 1 is 1.03 bits per heavy atom. The molecule has 1 aromatic carbocycles. The fourth-order valence-corrected chi connectivity index (χ4v) is 3.29. The second-order valence-corrected chi connectivity index (χ2v) is 7.02. The minimum absolute atomic E-state index is 0.206. The van der Waals surface area contributed by atoms with Gasteiger partial charge in [0.15, 0.2) is 6.61 Å². The number of carbonyl (C=O) groups is 3. The van der Waals surface area contributed by atoms with E-state index in [0.29, 0.717) is 6.61 Å². The minimum atomic E-state index is -0.792. The highest BCUT2D eigenvalue weighted by Gasteiger charge is 2.36. The molecule has 156 valence electrons. The lowest BCUT2D eigenvalue weighted by molar-refractivity contribution is -0.143. The van der Waals surface area contributed by atoms with Crippen LogP contribution >= 0.6 is 0 Å². The summed E-state index contributed by atoms with van der Waals surface area (Å²) in [6.07, 6.45) is 3.90. The van der Waals surface area contributed by atoms with E-state index in [0.717, 1.165) is 34.7 Å². The van der Waals surface area contributed by atoms with E-state index < -0.39 is 24.1 Å². The first-order valence-corrected chi connectivity index (χ1v) is 9.51. The maximum atomic E-state index is 12.9. The van der Waals surface area contributed by atoms with Crippen LogP contribution in [-0.4, -0.2) is 43.2 Å². The molecule has 1 aromatic rings. The summed E-state index contributed by atoms with van der Waals surface area (Å²) in [7, 11) is 0. The fraction of sp³-hybridized carbons (Fsp3) is 0.409. The Kier molecular flexibility index (Phi) is 7.20. The van der Waals surface area contributed by atoms with Crippen LogP contribution in [0, 0.1) is 0 Å². The Balaban J connectivity index is 2.17. The summed E-state index contributed by atoms with van der Waals surface area (Å²) < 4.78 is 15.3. The van der Waals surface area contributed by atoms with Gasteiger partial charge in [-0.1, -0.05) is 6.08 Å². The monoisotopic (exact) mass is 401 g/mol. The Morgan fingerprint density at radius 2 is 1.69 bits per heavy atom. The summed E-state index contributed by atoms with van der Waals surface area (Å²) in [6, 6.07) is 5.54. The van der Waals surface area contributed by atoms with Crippen molar-refractivity contribution in [3.63, 3.8) is 0 Å². The van der Waals surface area contributed by atoms with E-state index >= 15 is 0 Å². The molecule has 7 heteroatoms. The summed E-state index contributed by atoms with van der Waals surface area (Å²) >= 11 is 0. The second kappa shape index (κ2) is 9.41. The SMILES string of the molecule is CCOC(=O)/C=C/C(=O)OCC(=O)N1c2ccc(OCC)cc2C(C)=CC1(C)C. The van der Waals surface area contributed by atoms with Crippen molar-refractivity contribution in [3.05, 3.63) is 42.0 Å². The van der Waals surface area contributed by atoms with Crippen LogP contribution < -0.4 is 9.64 Å². The molecule has 7 nitrogen and oxygen atoms in total. The summed E-state index contributed by atoms with van der Waals surface area (Å²) in [4.78, 5) is 37.6. The lowest BCUT2D eigenvalue weighted by atomic mass is 9.88. The maximum Gasteiger partial charge on any atom is 0.331 e. The third-order valence-corrected chi connectivity index (χ3v) is 4.32. The molecular weight excluding hydrogens is 374 g/mol. The number of ether oxygens (including phenoxy) is 3. The quantitative estimate of drug-likeness (QED) is 0.515. The Morgan fingerprint density at radius 3 is 2.31 bits per heavy atom. The van der Waals surface area contributed by atoms with E-state index in [2.05, 4.69) is 0 Å². The van der Waals surface area contributed by atoms with E-state index in [1.54, 1.807) is 11.8 Å². The number of nitrogens with zero attached hydrogens (tertiary/aromatic N) is 1. The average Bonchev–Trinajstić information content (AvgIpc) is 2.65. The zero-order valence-corrected chi connectivity index (χ0v) is 17.5. The van der Waals surface area contributed by atoms with Gasteiger partial charge in [-0.25, -0.2) is 9.59 Å². The number of allylic oxidation sites excluding steroid dienone is 1. The van der Waals surface area contributed by atoms with Crippen molar-refractivity contribution in [1.82, 2.24) is 0 Å². The lowest BCUT2D eigenvalue weighted by Crippen LogP contribution is -2.50. The molecule has 2 rings (SSSR count). The van der Waals surface area contributed by atoms with Crippen LogP contribution in [0.2, 0.25) is 0 Å². The molecule has 0 aliphatic carbocycles. The summed E-state index contributed by atoms with van der Waals surface area (Å²) in [5.41, 5.74) is 2.04. The number of hydrogen-bond acceptors (Lipinski definition) is 6. The standard InChI is InChI=1S/C22H27NO6/c1-6-27-16-8-9-18-17(12-16)15(3)13-22(4,5)23(18)19(24)14-29-21(26)11-10-20(25)28-7-2/h8-13H,6-7,14H2,1-5H3/b11-10+. The zero-order valence-electron chi connectivity index (χ0n) is 17.5. The largest absolute Gasteiger partial charge is 0.494 e. The van der Waals surface area contributed by atoms with Gasteiger partial charge in [-0.05, 0) is 58.4 Å². The second-order valence-electron chi connectivity index (χ2n) is 7.02. The van der Waals surface area contributed by atoms with Crippen molar-refractivity contribution in [2.45, 2.75) is 40.2 Å².